The van der Waals surface area contributed by atoms with E-state index in [1.807, 2.05) is 24.3 Å². The molecule has 0 aliphatic rings. The molecule has 0 atom stereocenters. The first-order valence-electron chi connectivity index (χ1n) is 11.6. The number of amides is 2. The number of ether oxygens (including phenoxy) is 3. The Labute approximate surface area is 224 Å². The number of aromatic nitrogens is 1. The number of hydrogen-bond donors (Lipinski definition) is 1. The normalized spacial score (nSPS) is 10.7. The number of thiophene rings is 1. The average Bonchev–Trinajstić information content (AvgIpc) is 3.25. The lowest BCUT2D eigenvalue weighted by Crippen LogP contribution is -2.21. The van der Waals surface area contributed by atoms with Gasteiger partial charge < -0.3 is 24.4 Å². The molecular weight excluding hydrogens is 506 g/mol. The Morgan fingerprint density at radius 3 is 2.37 bits per heavy atom. The summed E-state index contributed by atoms with van der Waals surface area (Å²) >= 11 is 1.03. The highest BCUT2D eigenvalue weighted by atomic mass is 32.1. The van der Waals surface area contributed by atoms with E-state index in [2.05, 4.69) is 5.32 Å². The van der Waals surface area contributed by atoms with Gasteiger partial charge in [-0.3, -0.25) is 9.59 Å². The molecule has 0 aliphatic carbocycles. The number of methoxy groups -OCH3 is 3. The van der Waals surface area contributed by atoms with E-state index in [4.69, 9.17) is 19.2 Å². The summed E-state index contributed by atoms with van der Waals surface area (Å²) < 4.78 is 15.8. The highest BCUT2D eigenvalue weighted by Crippen LogP contribution is 2.37. The maximum Gasteiger partial charge on any atom is 0.341 e. The van der Waals surface area contributed by atoms with Crippen molar-refractivity contribution < 1.29 is 28.6 Å². The lowest BCUT2D eigenvalue weighted by molar-refractivity contribution is 0.0601. The van der Waals surface area contributed by atoms with E-state index in [9.17, 15) is 14.4 Å². The molecule has 2 amide bonds. The van der Waals surface area contributed by atoms with Crippen molar-refractivity contribution in [2.45, 2.75) is 6.92 Å². The van der Waals surface area contributed by atoms with Crippen molar-refractivity contribution in [1.82, 2.24) is 9.88 Å². The molecular formula is C28H27N3O6S. The van der Waals surface area contributed by atoms with Gasteiger partial charge in [0.15, 0.2) is 0 Å². The minimum absolute atomic E-state index is 0.145. The number of carbonyl (C=O) groups excluding carboxylic acids is 3. The summed E-state index contributed by atoms with van der Waals surface area (Å²) in [5, 5.41) is 3.70. The predicted octanol–water partition coefficient (Wildman–Crippen LogP) is 5.03. The van der Waals surface area contributed by atoms with Gasteiger partial charge in [-0.1, -0.05) is 18.2 Å². The van der Waals surface area contributed by atoms with Crippen LogP contribution in [0.25, 0.3) is 22.2 Å². The van der Waals surface area contributed by atoms with E-state index in [1.165, 1.54) is 12.0 Å². The number of carbonyl (C=O) groups is 3. The second-order valence-corrected chi connectivity index (χ2v) is 9.56. The summed E-state index contributed by atoms with van der Waals surface area (Å²) in [5.74, 6) is -0.230. The van der Waals surface area contributed by atoms with Crippen LogP contribution in [0, 0.1) is 6.92 Å². The second-order valence-electron chi connectivity index (χ2n) is 8.54. The van der Waals surface area contributed by atoms with Gasteiger partial charge in [0, 0.05) is 31.1 Å². The largest absolute Gasteiger partial charge is 0.497 e. The number of pyridine rings is 1. The number of rotatable bonds is 7. The zero-order chi connectivity index (χ0) is 27.6. The molecule has 0 saturated heterocycles. The van der Waals surface area contributed by atoms with E-state index in [1.54, 1.807) is 59.5 Å². The summed E-state index contributed by atoms with van der Waals surface area (Å²) in [6, 6.07) is 14.3. The van der Waals surface area contributed by atoms with E-state index in [0.29, 0.717) is 49.7 Å². The molecule has 2 heterocycles. The Hall–Kier alpha value is -4.44. The third-order valence-corrected chi connectivity index (χ3v) is 7.20. The van der Waals surface area contributed by atoms with Crippen LogP contribution in [0.5, 0.6) is 11.5 Å². The monoisotopic (exact) mass is 533 g/mol. The number of anilines is 1. The molecule has 10 heteroatoms. The SMILES string of the molecule is COC(=O)c1c(NC(=O)c2cc(-c3ccc(OC)cc3OC)nc3ccccc23)sc(C(=O)N(C)C)c1C. The van der Waals surface area contributed by atoms with Crippen LogP contribution < -0.4 is 14.8 Å². The Kier molecular flexibility index (Phi) is 7.63. The van der Waals surface area contributed by atoms with Crippen LogP contribution in [0.2, 0.25) is 0 Å². The topological polar surface area (TPSA) is 107 Å². The van der Waals surface area contributed by atoms with Gasteiger partial charge in [0.05, 0.1) is 48.5 Å². The number of hydrogen-bond acceptors (Lipinski definition) is 8. The van der Waals surface area contributed by atoms with Crippen LogP contribution in [-0.2, 0) is 4.74 Å². The molecule has 2 aromatic heterocycles. The molecule has 0 aliphatic heterocycles. The molecule has 0 unspecified atom stereocenters. The van der Waals surface area contributed by atoms with Gasteiger partial charge in [0.1, 0.15) is 16.5 Å². The number of fused-ring (bicyclic) bond motifs is 1. The molecule has 0 fully saturated rings. The van der Waals surface area contributed by atoms with Gasteiger partial charge in [0.2, 0.25) is 0 Å². The number of para-hydroxylation sites is 1. The van der Waals surface area contributed by atoms with Crippen molar-refractivity contribution in [1.29, 1.82) is 0 Å². The predicted molar refractivity (Wildman–Crippen MR) is 147 cm³/mol. The van der Waals surface area contributed by atoms with Gasteiger partial charge in [0.25, 0.3) is 11.8 Å². The van der Waals surface area contributed by atoms with Crippen LogP contribution in [0.3, 0.4) is 0 Å². The van der Waals surface area contributed by atoms with Crippen LogP contribution in [0.15, 0.2) is 48.5 Å². The molecule has 1 N–H and O–H groups in total. The van der Waals surface area contributed by atoms with Crippen LogP contribution in [0.4, 0.5) is 5.00 Å². The Morgan fingerprint density at radius 1 is 0.974 bits per heavy atom. The molecule has 0 bridgehead atoms. The van der Waals surface area contributed by atoms with Crippen molar-refractivity contribution in [3.8, 4) is 22.8 Å². The summed E-state index contributed by atoms with van der Waals surface area (Å²) in [4.78, 5) is 45.6. The van der Waals surface area contributed by atoms with Gasteiger partial charge in [-0.05, 0) is 36.8 Å². The van der Waals surface area contributed by atoms with Crippen molar-refractivity contribution in [3.63, 3.8) is 0 Å². The molecule has 0 saturated carbocycles. The standard InChI is InChI=1S/C28H27N3O6S/c1-15-23(28(34)37-6)26(38-24(15)27(33)31(2)3)30-25(32)19-14-21(29-20-10-8-7-9-17(19)20)18-12-11-16(35-4)13-22(18)36-5/h7-14H,1-6H3,(H,30,32). The smallest absolute Gasteiger partial charge is 0.341 e. The molecule has 9 nitrogen and oxygen atoms in total. The number of benzene rings is 2. The molecule has 38 heavy (non-hydrogen) atoms. The number of esters is 1. The van der Waals surface area contributed by atoms with E-state index in [0.717, 1.165) is 11.3 Å². The fraction of sp³-hybridized carbons (Fsp3) is 0.214. The summed E-state index contributed by atoms with van der Waals surface area (Å²) in [7, 11) is 7.61. The maximum absolute atomic E-state index is 13.7. The minimum Gasteiger partial charge on any atom is -0.497 e. The molecule has 0 spiro atoms. The Morgan fingerprint density at radius 2 is 1.71 bits per heavy atom. The number of nitrogens with zero attached hydrogens (tertiary/aromatic N) is 2. The first kappa shape index (κ1) is 26.6. The zero-order valence-corrected chi connectivity index (χ0v) is 22.7. The third-order valence-electron chi connectivity index (χ3n) is 6.01. The summed E-state index contributed by atoms with van der Waals surface area (Å²) in [6.07, 6.45) is 0. The highest BCUT2D eigenvalue weighted by Gasteiger charge is 2.28. The van der Waals surface area contributed by atoms with E-state index in [-0.39, 0.29) is 16.5 Å². The quantitative estimate of drug-likeness (QED) is 0.332. The van der Waals surface area contributed by atoms with Gasteiger partial charge >= 0.3 is 5.97 Å². The lowest BCUT2D eigenvalue weighted by Gasteiger charge is -2.13. The molecule has 2 aromatic carbocycles. The molecule has 4 aromatic rings. The summed E-state index contributed by atoms with van der Waals surface area (Å²) in [5.41, 5.74) is 2.73. The summed E-state index contributed by atoms with van der Waals surface area (Å²) in [6.45, 7) is 1.66. The van der Waals surface area contributed by atoms with Crippen molar-refractivity contribution >= 4 is 45.0 Å². The Bertz CT molecular complexity index is 1560. The molecule has 4 rings (SSSR count). The molecule has 196 valence electrons. The van der Waals surface area contributed by atoms with Gasteiger partial charge in [-0.15, -0.1) is 11.3 Å². The van der Waals surface area contributed by atoms with Gasteiger partial charge in [-0.2, -0.15) is 0 Å². The van der Waals surface area contributed by atoms with Crippen molar-refractivity contribution in [2.75, 3.05) is 40.7 Å². The first-order valence-corrected chi connectivity index (χ1v) is 12.4. The fourth-order valence-corrected chi connectivity index (χ4v) is 5.25. The second kappa shape index (κ2) is 10.9. The van der Waals surface area contributed by atoms with Crippen LogP contribution in [0.1, 0.15) is 36.0 Å². The maximum atomic E-state index is 13.7. The number of nitrogens with one attached hydrogen (secondary N) is 1. The average molecular weight is 534 g/mol. The van der Waals surface area contributed by atoms with E-state index >= 15 is 0 Å². The zero-order valence-electron chi connectivity index (χ0n) is 21.9. The third kappa shape index (κ3) is 4.90. The van der Waals surface area contributed by atoms with E-state index < -0.39 is 11.9 Å². The minimum atomic E-state index is -0.643. The van der Waals surface area contributed by atoms with Crippen molar-refractivity contribution in [3.05, 3.63) is 70.1 Å². The van der Waals surface area contributed by atoms with Crippen LogP contribution in [-0.4, -0.2) is 63.1 Å². The van der Waals surface area contributed by atoms with Crippen LogP contribution >= 0.6 is 11.3 Å². The van der Waals surface area contributed by atoms with Crippen molar-refractivity contribution in [2.24, 2.45) is 0 Å². The fourth-order valence-electron chi connectivity index (χ4n) is 4.04. The Balaban J connectivity index is 1.84. The van der Waals surface area contributed by atoms with Gasteiger partial charge in [-0.25, -0.2) is 9.78 Å². The molecule has 0 radical (unpaired) electrons. The first-order chi connectivity index (χ1) is 18.2. The highest BCUT2D eigenvalue weighted by molar-refractivity contribution is 7.18. The lowest BCUT2D eigenvalue weighted by atomic mass is 10.0.